The van der Waals surface area contributed by atoms with Gasteiger partial charge in [0, 0.05) is 6.42 Å². The molecule has 2 aliphatic heterocycles. The average Bonchev–Trinajstić information content (AvgIpc) is 3.39. The second-order valence-electron chi connectivity index (χ2n) is 6.94. The number of carbonyl (C=O) groups excluding carboxylic acids is 3. The summed E-state index contributed by atoms with van der Waals surface area (Å²) >= 11 is 0. The maximum atomic E-state index is 13.4. The van der Waals surface area contributed by atoms with Crippen LogP contribution in [0.1, 0.15) is 25.1 Å². The van der Waals surface area contributed by atoms with Crippen molar-refractivity contribution in [1.29, 1.82) is 0 Å². The van der Waals surface area contributed by atoms with Crippen LogP contribution in [0.15, 0.2) is 53.1 Å². The number of methoxy groups -OCH3 is 1. The quantitative estimate of drug-likeness (QED) is 0.642. The molecule has 0 aliphatic carbocycles. The third-order valence-corrected chi connectivity index (χ3v) is 5.81. The molecular weight excluding hydrogens is 348 g/mol. The summed E-state index contributed by atoms with van der Waals surface area (Å²) in [5.74, 6) is -2.10. The Labute approximate surface area is 156 Å². The fourth-order valence-corrected chi connectivity index (χ4v) is 4.56. The molecule has 0 unspecified atom stereocenters. The summed E-state index contributed by atoms with van der Waals surface area (Å²) in [5.41, 5.74) is -0.650. The lowest BCUT2D eigenvalue weighted by atomic mass is 9.78. The zero-order valence-electron chi connectivity index (χ0n) is 15.1. The van der Waals surface area contributed by atoms with E-state index in [4.69, 9.17) is 9.15 Å². The van der Waals surface area contributed by atoms with Gasteiger partial charge < -0.3 is 14.5 Å². The number of hydrogen-bond donors (Lipinski definition) is 1. The third kappa shape index (κ3) is 2.35. The first kappa shape index (κ1) is 17.5. The number of fused-ring (bicyclic) bond motifs is 1. The van der Waals surface area contributed by atoms with Crippen LogP contribution in [0, 0.1) is 11.8 Å². The van der Waals surface area contributed by atoms with Gasteiger partial charge in [-0.05, 0) is 24.3 Å². The zero-order valence-corrected chi connectivity index (χ0v) is 15.1. The second-order valence-corrected chi connectivity index (χ2v) is 6.94. The predicted molar refractivity (Wildman–Crippen MR) is 94.3 cm³/mol. The lowest BCUT2D eigenvalue weighted by Crippen LogP contribution is -2.98. The molecule has 2 fully saturated rings. The molecule has 27 heavy (non-hydrogen) atoms. The molecule has 2 saturated heterocycles. The molecule has 4 rings (SSSR count). The molecule has 1 aromatic carbocycles. The smallest absolute Gasteiger partial charge is 0.368 e. The highest BCUT2D eigenvalue weighted by atomic mass is 16.5. The van der Waals surface area contributed by atoms with Gasteiger partial charge in [-0.25, -0.2) is 9.69 Å². The van der Waals surface area contributed by atoms with Crippen molar-refractivity contribution < 1.29 is 28.9 Å². The second kappa shape index (κ2) is 6.35. The lowest BCUT2D eigenvalue weighted by Gasteiger charge is -2.27. The molecule has 0 spiro atoms. The SMILES string of the molecule is CC[C@]1(C(=O)OC)[NH2+][C@@H](c2ccco2)[C@H]2C(=O)N(c3ccccc3)C(=O)[C@H]21. The van der Waals surface area contributed by atoms with Crippen LogP contribution < -0.4 is 10.2 Å². The van der Waals surface area contributed by atoms with E-state index < -0.39 is 29.4 Å². The molecule has 4 atom stereocenters. The number of quaternary nitrogens is 1. The number of nitrogens with zero attached hydrogens (tertiary/aromatic N) is 1. The van der Waals surface area contributed by atoms with Crippen molar-refractivity contribution in [2.75, 3.05) is 12.0 Å². The van der Waals surface area contributed by atoms with Crippen LogP contribution >= 0.6 is 0 Å². The summed E-state index contributed by atoms with van der Waals surface area (Å²) < 4.78 is 10.6. The molecular formula is C20H21N2O5+. The fourth-order valence-electron chi connectivity index (χ4n) is 4.56. The highest BCUT2D eigenvalue weighted by Gasteiger charge is 2.72. The average molecular weight is 369 g/mol. The van der Waals surface area contributed by atoms with Crippen molar-refractivity contribution in [3.05, 3.63) is 54.5 Å². The number of para-hydroxylation sites is 1. The van der Waals surface area contributed by atoms with Gasteiger partial charge in [-0.3, -0.25) is 9.59 Å². The number of esters is 1. The van der Waals surface area contributed by atoms with Crippen molar-refractivity contribution in [3.8, 4) is 0 Å². The van der Waals surface area contributed by atoms with Crippen LogP contribution in [-0.4, -0.2) is 30.4 Å². The standard InChI is InChI=1S/C20H20N2O5/c1-3-20(19(25)26-2)15-14(16(21-20)13-10-7-11-27-13)17(23)22(18(15)24)12-8-5-4-6-9-12/h4-11,14-16,21H,3H2,1-2H3/p+1/t14-,15-,16-,20-/m0/s1. The van der Waals surface area contributed by atoms with Crippen LogP contribution in [-0.2, 0) is 19.1 Å². The van der Waals surface area contributed by atoms with Crippen LogP contribution in [0.5, 0.6) is 0 Å². The third-order valence-electron chi connectivity index (χ3n) is 5.81. The monoisotopic (exact) mass is 369 g/mol. The van der Waals surface area contributed by atoms with Crippen LogP contribution in [0.25, 0.3) is 0 Å². The Morgan fingerprint density at radius 1 is 1.19 bits per heavy atom. The first-order valence-electron chi connectivity index (χ1n) is 8.96. The van der Waals surface area contributed by atoms with E-state index in [-0.39, 0.29) is 11.8 Å². The maximum Gasteiger partial charge on any atom is 0.368 e. The zero-order chi connectivity index (χ0) is 19.2. The minimum atomic E-state index is -1.16. The van der Waals surface area contributed by atoms with Crippen LogP contribution in [0.3, 0.4) is 0 Å². The van der Waals surface area contributed by atoms with Crippen molar-refractivity contribution in [2.24, 2.45) is 11.8 Å². The first-order valence-corrected chi connectivity index (χ1v) is 8.96. The summed E-state index contributed by atoms with van der Waals surface area (Å²) in [5, 5.41) is 1.78. The van der Waals surface area contributed by atoms with Gasteiger partial charge >= 0.3 is 5.97 Å². The maximum absolute atomic E-state index is 13.4. The van der Waals surface area contributed by atoms with Gasteiger partial charge in [-0.1, -0.05) is 25.1 Å². The molecule has 2 N–H and O–H groups in total. The Kier molecular flexibility index (Phi) is 4.11. The van der Waals surface area contributed by atoms with E-state index in [1.165, 1.54) is 18.3 Å². The van der Waals surface area contributed by atoms with E-state index in [9.17, 15) is 14.4 Å². The summed E-state index contributed by atoms with van der Waals surface area (Å²) in [4.78, 5) is 40.6. The fraction of sp³-hybridized carbons (Fsp3) is 0.350. The molecule has 1 aromatic heterocycles. The molecule has 0 saturated carbocycles. The summed E-state index contributed by atoms with van der Waals surface area (Å²) in [7, 11) is 1.30. The molecule has 2 aromatic rings. The summed E-state index contributed by atoms with van der Waals surface area (Å²) in [6, 6.07) is 11.8. The van der Waals surface area contributed by atoms with E-state index >= 15 is 0 Å². The van der Waals surface area contributed by atoms with Crippen molar-refractivity contribution in [1.82, 2.24) is 0 Å². The van der Waals surface area contributed by atoms with E-state index in [0.717, 1.165) is 0 Å². The Balaban J connectivity index is 1.85. The van der Waals surface area contributed by atoms with Gasteiger partial charge in [-0.2, -0.15) is 0 Å². The van der Waals surface area contributed by atoms with Gasteiger partial charge in [0.1, 0.15) is 11.8 Å². The number of imide groups is 1. The van der Waals surface area contributed by atoms with E-state index in [2.05, 4.69) is 0 Å². The number of anilines is 1. The highest BCUT2D eigenvalue weighted by molar-refractivity contribution is 6.23. The number of amides is 2. The lowest BCUT2D eigenvalue weighted by molar-refractivity contribution is -0.735. The normalized spacial score (nSPS) is 29.9. The van der Waals surface area contributed by atoms with Gasteiger partial charge in [0.05, 0.1) is 19.1 Å². The number of rotatable bonds is 4. The number of furan rings is 1. The molecule has 0 radical (unpaired) electrons. The van der Waals surface area contributed by atoms with Crippen molar-refractivity contribution >= 4 is 23.5 Å². The minimum absolute atomic E-state index is 0.312. The molecule has 7 nitrogen and oxygen atoms in total. The van der Waals surface area contributed by atoms with Gasteiger partial charge in [-0.15, -0.1) is 0 Å². The predicted octanol–water partition coefficient (Wildman–Crippen LogP) is 1.03. The Bertz CT molecular complexity index is 879. The Hall–Kier alpha value is -2.93. The van der Waals surface area contributed by atoms with E-state index in [1.54, 1.807) is 41.7 Å². The number of hydrogen-bond acceptors (Lipinski definition) is 5. The van der Waals surface area contributed by atoms with Crippen LogP contribution in [0.4, 0.5) is 5.69 Å². The number of benzene rings is 1. The Morgan fingerprint density at radius 3 is 2.52 bits per heavy atom. The van der Waals surface area contributed by atoms with Gasteiger partial charge in [0.25, 0.3) is 0 Å². The van der Waals surface area contributed by atoms with E-state index in [0.29, 0.717) is 17.9 Å². The minimum Gasteiger partial charge on any atom is -0.464 e. The van der Waals surface area contributed by atoms with E-state index in [1.807, 2.05) is 13.0 Å². The largest absolute Gasteiger partial charge is 0.464 e. The van der Waals surface area contributed by atoms with Gasteiger partial charge in [0.15, 0.2) is 11.8 Å². The number of ether oxygens (including phenoxy) is 1. The topological polar surface area (TPSA) is 93.4 Å². The molecule has 2 aliphatic rings. The number of nitrogens with two attached hydrogens (primary N) is 1. The van der Waals surface area contributed by atoms with Crippen molar-refractivity contribution in [2.45, 2.75) is 24.9 Å². The molecule has 2 amide bonds. The first-order chi connectivity index (χ1) is 13.0. The van der Waals surface area contributed by atoms with Crippen molar-refractivity contribution in [3.63, 3.8) is 0 Å². The highest BCUT2D eigenvalue weighted by Crippen LogP contribution is 2.46. The summed E-state index contributed by atoms with van der Waals surface area (Å²) in [6.45, 7) is 1.83. The summed E-state index contributed by atoms with van der Waals surface area (Å²) in [6.07, 6.45) is 1.89. The molecule has 3 heterocycles. The molecule has 7 heteroatoms. The van der Waals surface area contributed by atoms with Gasteiger partial charge in [0.2, 0.25) is 17.4 Å². The Morgan fingerprint density at radius 2 is 1.93 bits per heavy atom. The molecule has 140 valence electrons. The number of carbonyl (C=O) groups is 3. The van der Waals surface area contributed by atoms with Crippen LogP contribution in [0.2, 0.25) is 0 Å². The molecule has 0 bridgehead atoms.